The molecule has 0 spiro atoms. The Morgan fingerprint density at radius 2 is 1.81 bits per heavy atom. The van der Waals surface area contributed by atoms with Crippen LogP contribution in [0.25, 0.3) is 0 Å². The number of oxime groups is 1. The molecule has 1 amide bonds. The molecule has 3 fully saturated rings. The molecule has 12 heteroatoms. The van der Waals surface area contributed by atoms with Crippen LogP contribution in [0, 0.1) is 0 Å². The molecule has 36 heavy (non-hydrogen) atoms. The van der Waals surface area contributed by atoms with E-state index < -0.39 is 5.60 Å². The Hall–Kier alpha value is -2.86. The van der Waals surface area contributed by atoms with Crippen LogP contribution < -0.4 is 15.5 Å². The lowest BCUT2D eigenvalue weighted by molar-refractivity contribution is 0.00874. The van der Waals surface area contributed by atoms with Crippen LogP contribution in [-0.2, 0) is 4.74 Å². The fraction of sp³-hybridized carbons (Fsp3) is 0.750. The van der Waals surface area contributed by atoms with Gasteiger partial charge in [-0.2, -0.15) is 4.98 Å². The first-order valence-corrected chi connectivity index (χ1v) is 12.8. The maximum Gasteiger partial charge on any atom is 0.410 e. The number of nitrogens with two attached hydrogens (primary N) is 1. The van der Waals surface area contributed by atoms with E-state index in [4.69, 9.17) is 15.5 Å². The molecule has 1 atom stereocenters. The summed E-state index contributed by atoms with van der Waals surface area (Å²) in [5.74, 6) is 1.39. The maximum absolute atomic E-state index is 12.4. The second kappa shape index (κ2) is 10.6. The van der Waals surface area contributed by atoms with Gasteiger partial charge >= 0.3 is 6.09 Å². The van der Waals surface area contributed by atoms with Crippen molar-refractivity contribution in [1.82, 2.24) is 24.7 Å². The third kappa shape index (κ3) is 6.09. The molecule has 0 unspecified atom stereocenters. The van der Waals surface area contributed by atoms with Crippen molar-refractivity contribution in [2.75, 3.05) is 75.8 Å². The number of hydrogen-bond acceptors (Lipinski definition) is 10. The first-order valence-electron chi connectivity index (χ1n) is 12.8. The number of hydrogen-bond donors (Lipinski definition) is 2. The highest BCUT2D eigenvalue weighted by Gasteiger charge is 2.36. The molecule has 4 rings (SSSR count). The first kappa shape index (κ1) is 26.2. The van der Waals surface area contributed by atoms with E-state index in [9.17, 15) is 10.0 Å². The normalized spacial score (nSPS) is 23.4. The van der Waals surface area contributed by atoms with Crippen molar-refractivity contribution in [1.29, 1.82) is 0 Å². The van der Waals surface area contributed by atoms with Gasteiger partial charge < -0.3 is 35.3 Å². The van der Waals surface area contributed by atoms with Crippen LogP contribution in [0.3, 0.4) is 0 Å². The van der Waals surface area contributed by atoms with Crippen LogP contribution in [0.1, 0.15) is 39.8 Å². The summed E-state index contributed by atoms with van der Waals surface area (Å²) >= 11 is 0. The number of anilines is 2. The summed E-state index contributed by atoms with van der Waals surface area (Å²) in [5.41, 5.74) is 5.89. The molecule has 200 valence electrons. The second-order valence-corrected chi connectivity index (χ2v) is 11.1. The summed E-state index contributed by atoms with van der Waals surface area (Å²) in [5, 5.41) is 12.5. The molecule has 0 aromatic carbocycles. The molecule has 1 aromatic heterocycles. The minimum Gasteiger partial charge on any atom is -0.444 e. The number of ether oxygens (including phenoxy) is 1. The highest BCUT2D eigenvalue weighted by atomic mass is 16.6. The third-order valence-corrected chi connectivity index (χ3v) is 7.04. The predicted octanol–water partition coefficient (Wildman–Crippen LogP) is 0.843. The van der Waals surface area contributed by atoms with Crippen LogP contribution in [0.4, 0.5) is 16.6 Å². The van der Waals surface area contributed by atoms with Crippen LogP contribution in [0.2, 0.25) is 0 Å². The van der Waals surface area contributed by atoms with Gasteiger partial charge in [0.25, 0.3) is 0 Å². The fourth-order valence-corrected chi connectivity index (χ4v) is 5.03. The van der Waals surface area contributed by atoms with Crippen LogP contribution >= 0.6 is 0 Å². The van der Waals surface area contributed by atoms with Crippen molar-refractivity contribution < 1.29 is 14.7 Å². The Kier molecular flexibility index (Phi) is 7.74. The standard InChI is InChI=1S/C24H41N9O3/c1-17-14-29(5)7-6-8-33(17)22-26-19(21(25)28-35)13-20(27-22)32-15-18(16-32)30-9-11-31(12-10-30)23(34)36-24(2,3)4/h13,17-18,35H,6-12,14-16H2,1-5H3,(H2,25,28)/t17-/m0/s1. The largest absolute Gasteiger partial charge is 0.444 e. The molecule has 0 bridgehead atoms. The number of likely N-dealkylation sites (N-methyl/N-ethyl adjacent to an activating group) is 1. The Morgan fingerprint density at radius 3 is 2.44 bits per heavy atom. The minimum atomic E-state index is -0.483. The van der Waals surface area contributed by atoms with Gasteiger partial charge in [-0.15, -0.1) is 0 Å². The zero-order valence-corrected chi connectivity index (χ0v) is 22.2. The van der Waals surface area contributed by atoms with Gasteiger partial charge in [0.05, 0.1) is 0 Å². The Bertz CT molecular complexity index is 953. The number of carbonyl (C=O) groups is 1. The second-order valence-electron chi connectivity index (χ2n) is 11.1. The number of amidine groups is 1. The van der Waals surface area contributed by atoms with Gasteiger partial charge in [-0.25, -0.2) is 9.78 Å². The van der Waals surface area contributed by atoms with Crippen molar-refractivity contribution in [3.8, 4) is 0 Å². The van der Waals surface area contributed by atoms with E-state index in [-0.39, 0.29) is 18.0 Å². The van der Waals surface area contributed by atoms with Gasteiger partial charge in [0, 0.05) is 70.5 Å². The number of carbonyl (C=O) groups excluding carboxylic acids is 1. The van der Waals surface area contributed by atoms with Crippen LogP contribution in [0.15, 0.2) is 11.2 Å². The zero-order valence-electron chi connectivity index (χ0n) is 22.2. The highest BCUT2D eigenvalue weighted by Crippen LogP contribution is 2.27. The monoisotopic (exact) mass is 503 g/mol. The molecule has 12 nitrogen and oxygen atoms in total. The topological polar surface area (TPSA) is 127 Å². The van der Waals surface area contributed by atoms with E-state index in [0.717, 1.165) is 58.1 Å². The van der Waals surface area contributed by atoms with Gasteiger partial charge in [-0.1, -0.05) is 5.16 Å². The van der Waals surface area contributed by atoms with Gasteiger partial charge in [0.15, 0.2) is 5.84 Å². The Morgan fingerprint density at radius 1 is 1.11 bits per heavy atom. The van der Waals surface area contributed by atoms with Gasteiger partial charge in [-0.05, 0) is 47.7 Å². The lowest BCUT2D eigenvalue weighted by Crippen LogP contribution is -2.64. The Balaban J connectivity index is 1.40. The lowest BCUT2D eigenvalue weighted by atomic mass is 10.1. The molecule has 3 saturated heterocycles. The first-order chi connectivity index (χ1) is 17.0. The lowest BCUT2D eigenvalue weighted by Gasteiger charge is -2.48. The highest BCUT2D eigenvalue weighted by molar-refractivity contribution is 5.96. The summed E-state index contributed by atoms with van der Waals surface area (Å²) in [4.78, 5) is 32.9. The Labute approximate surface area is 213 Å². The zero-order chi connectivity index (χ0) is 26.0. The van der Waals surface area contributed by atoms with E-state index >= 15 is 0 Å². The fourth-order valence-electron chi connectivity index (χ4n) is 5.03. The maximum atomic E-state index is 12.4. The minimum absolute atomic E-state index is 0.0187. The van der Waals surface area contributed by atoms with Gasteiger partial charge in [-0.3, -0.25) is 4.90 Å². The molecule has 3 aliphatic rings. The van der Waals surface area contributed by atoms with E-state index in [2.05, 4.69) is 43.7 Å². The van der Waals surface area contributed by atoms with E-state index in [1.165, 1.54) is 0 Å². The van der Waals surface area contributed by atoms with E-state index in [0.29, 0.717) is 30.8 Å². The molecule has 3 N–H and O–H groups in total. The predicted molar refractivity (Wildman–Crippen MR) is 139 cm³/mol. The average molecular weight is 504 g/mol. The average Bonchev–Trinajstić information content (AvgIpc) is 2.96. The number of aromatic nitrogens is 2. The van der Waals surface area contributed by atoms with E-state index in [1.54, 1.807) is 11.0 Å². The molecular formula is C24H41N9O3. The number of piperazine rings is 1. The summed E-state index contributed by atoms with van der Waals surface area (Å²) in [6.07, 6.45) is 0.782. The van der Waals surface area contributed by atoms with Crippen molar-refractivity contribution in [3.63, 3.8) is 0 Å². The van der Waals surface area contributed by atoms with E-state index in [1.807, 2.05) is 20.8 Å². The van der Waals surface area contributed by atoms with Crippen molar-refractivity contribution >= 4 is 23.7 Å². The van der Waals surface area contributed by atoms with Gasteiger partial charge in [0.1, 0.15) is 17.1 Å². The van der Waals surface area contributed by atoms with Crippen molar-refractivity contribution in [2.24, 2.45) is 10.9 Å². The number of rotatable bonds is 4. The summed E-state index contributed by atoms with van der Waals surface area (Å²) in [7, 11) is 2.13. The molecule has 1 aromatic rings. The van der Waals surface area contributed by atoms with Gasteiger partial charge in [0.2, 0.25) is 5.95 Å². The molecule has 0 aliphatic carbocycles. The number of nitrogens with zero attached hydrogens (tertiary/aromatic N) is 8. The summed E-state index contributed by atoms with van der Waals surface area (Å²) in [6.45, 7) is 15.3. The molecular weight excluding hydrogens is 462 g/mol. The number of amides is 1. The van der Waals surface area contributed by atoms with Crippen LogP contribution in [-0.4, -0.2) is 125 Å². The van der Waals surface area contributed by atoms with Crippen molar-refractivity contribution in [2.45, 2.75) is 51.8 Å². The summed E-state index contributed by atoms with van der Waals surface area (Å²) in [6, 6.07) is 2.43. The van der Waals surface area contributed by atoms with Crippen LogP contribution in [0.5, 0.6) is 0 Å². The molecule has 0 saturated carbocycles. The third-order valence-electron chi connectivity index (χ3n) is 7.04. The molecule has 0 radical (unpaired) electrons. The molecule has 4 heterocycles. The van der Waals surface area contributed by atoms with Crippen molar-refractivity contribution in [3.05, 3.63) is 11.8 Å². The quantitative estimate of drug-likeness (QED) is 0.264. The smallest absolute Gasteiger partial charge is 0.410 e. The SMILES string of the molecule is C[C@H]1CN(C)CCCN1c1nc(/C(N)=N/O)cc(N2CC(N3CCN(C(=O)OC(C)(C)C)CC3)C2)n1. The molecule has 3 aliphatic heterocycles. The summed E-state index contributed by atoms with van der Waals surface area (Å²) < 4.78 is 5.51.